The number of carbonyl (C=O) groups is 2. The fourth-order valence-electron chi connectivity index (χ4n) is 0.274. The van der Waals surface area contributed by atoms with E-state index in [0.717, 1.165) is 4.90 Å². The van der Waals surface area contributed by atoms with Crippen LogP contribution in [0.25, 0.3) is 0 Å². The molecule has 0 heterocycles. The molecule has 0 saturated carbocycles. The molecule has 48 valence electrons. The molecule has 9 heavy (non-hydrogen) atoms. The van der Waals surface area contributed by atoms with Crippen LogP contribution in [0.1, 0.15) is 6.92 Å². The quantitative estimate of drug-likeness (QED) is 0.479. The highest BCUT2D eigenvalue weighted by molar-refractivity contribution is 5.69. The number of nitrogens with zero attached hydrogens (tertiary/aromatic N) is 2. The molecule has 0 aliphatic carbocycles. The zero-order chi connectivity index (χ0) is 7.28. The monoisotopic (exact) mass is 126 g/mol. The van der Waals surface area contributed by atoms with Gasteiger partial charge in [-0.15, -0.1) is 0 Å². The van der Waals surface area contributed by atoms with Crippen LogP contribution < -0.4 is 0 Å². The van der Waals surface area contributed by atoms with Crippen LogP contribution in [-0.2, 0) is 9.59 Å². The smallest absolute Gasteiger partial charge is 0.217 e. The van der Waals surface area contributed by atoms with Gasteiger partial charge in [0.05, 0.1) is 6.07 Å². The Balaban J connectivity index is 3.97. The molecule has 4 heteroatoms. The van der Waals surface area contributed by atoms with Gasteiger partial charge in [-0.05, 0) is 6.92 Å². The Morgan fingerprint density at radius 3 is 2.11 bits per heavy atom. The van der Waals surface area contributed by atoms with Crippen LogP contribution in [0, 0.1) is 11.3 Å². The number of nitriles is 1. The van der Waals surface area contributed by atoms with Crippen LogP contribution in [0.15, 0.2) is 0 Å². The van der Waals surface area contributed by atoms with Crippen LogP contribution in [0.3, 0.4) is 0 Å². The molecule has 0 bridgehead atoms. The minimum atomic E-state index is -0.667. The first-order valence-corrected chi connectivity index (χ1v) is 2.34. The van der Waals surface area contributed by atoms with Crippen molar-refractivity contribution < 1.29 is 9.59 Å². The molecular weight excluding hydrogens is 120 g/mol. The summed E-state index contributed by atoms with van der Waals surface area (Å²) in [7, 11) is 0. The van der Waals surface area contributed by atoms with Crippen molar-refractivity contribution in [2.24, 2.45) is 0 Å². The molecule has 1 unspecified atom stereocenters. The Hall–Kier alpha value is -1.37. The summed E-state index contributed by atoms with van der Waals surface area (Å²) in [6, 6.07) is 1.06. The lowest BCUT2D eigenvalue weighted by atomic mass is 10.4. The molecule has 0 radical (unpaired) electrons. The molecule has 0 fully saturated rings. The molecular formula is C5H6N2O2. The third kappa shape index (κ3) is 1.91. The second-order valence-corrected chi connectivity index (χ2v) is 1.46. The summed E-state index contributed by atoms with van der Waals surface area (Å²) in [5.41, 5.74) is 0. The maximum atomic E-state index is 9.88. The van der Waals surface area contributed by atoms with Crippen molar-refractivity contribution in [3.8, 4) is 6.07 Å². The third-order valence-electron chi connectivity index (χ3n) is 0.877. The normalized spacial score (nSPS) is 11.1. The number of amides is 2. The Bertz CT molecular complexity index is 142. The summed E-state index contributed by atoms with van der Waals surface area (Å²) in [6.45, 7) is 1.46. The predicted molar refractivity (Wildman–Crippen MR) is 29.0 cm³/mol. The van der Waals surface area contributed by atoms with Gasteiger partial charge in [0.1, 0.15) is 6.04 Å². The fraction of sp³-hybridized carbons (Fsp3) is 0.400. The van der Waals surface area contributed by atoms with Gasteiger partial charge in [-0.2, -0.15) is 5.26 Å². The summed E-state index contributed by atoms with van der Waals surface area (Å²) in [5, 5.41) is 8.16. The summed E-state index contributed by atoms with van der Waals surface area (Å²) in [6.07, 6.45) is 0.641. The minimum absolute atomic E-state index is 0.320. The van der Waals surface area contributed by atoms with Crippen molar-refractivity contribution in [3.63, 3.8) is 0 Å². The predicted octanol–water partition coefficient (Wildman–Crippen LogP) is -0.487. The highest BCUT2D eigenvalue weighted by Crippen LogP contribution is 1.87. The fourth-order valence-corrected chi connectivity index (χ4v) is 0.274. The van der Waals surface area contributed by atoms with E-state index in [4.69, 9.17) is 5.26 Å². The summed E-state index contributed by atoms with van der Waals surface area (Å²) >= 11 is 0. The lowest BCUT2D eigenvalue weighted by Gasteiger charge is -2.08. The van der Waals surface area contributed by atoms with Crippen molar-refractivity contribution >= 4 is 12.8 Å². The summed E-state index contributed by atoms with van der Waals surface area (Å²) in [4.78, 5) is 20.5. The number of hydrogen-bond donors (Lipinski definition) is 0. The van der Waals surface area contributed by atoms with Crippen LogP contribution in [-0.4, -0.2) is 23.8 Å². The second kappa shape index (κ2) is 3.61. The van der Waals surface area contributed by atoms with Crippen molar-refractivity contribution in [2.45, 2.75) is 13.0 Å². The number of imide groups is 1. The average molecular weight is 126 g/mol. The first kappa shape index (κ1) is 7.63. The lowest BCUT2D eigenvalue weighted by molar-refractivity contribution is -0.130. The van der Waals surface area contributed by atoms with E-state index >= 15 is 0 Å². The SMILES string of the molecule is CC(C#N)N(C=O)C=O. The first-order valence-electron chi connectivity index (χ1n) is 2.34. The zero-order valence-corrected chi connectivity index (χ0v) is 4.94. The van der Waals surface area contributed by atoms with E-state index in [1.54, 1.807) is 6.07 Å². The van der Waals surface area contributed by atoms with Crippen molar-refractivity contribution in [2.75, 3.05) is 0 Å². The molecule has 0 spiro atoms. The Kier molecular flexibility index (Phi) is 3.06. The van der Waals surface area contributed by atoms with Gasteiger partial charge in [0, 0.05) is 0 Å². The molecule has 0 rings (SSSR count). The van der Waals surface area contributed by atoms with Crippen molar-refractivity contribution in [1.29, 1.82) is 5.26 Å². The summed E-state index contributed by atoms with van der Waals surface area (Å²) in [5.74, 6) is 0. The van der Waals surface area contributed by atoms with Crippen LogP contribution in [0.4, 0.5) is 0 Å². The lowest BCUT2D eigenvalue weighted by Crippen LogP contribution is -2.28. The van der Waals surface area contributed by atoms with E-state index in [0.29, 0.717) is 12.8 Å². The molecule has 0 aliphatic heterocycles. The van der Waals surface area contributed by atoms with E-state index in [-0.39, 0.29) is 0 Å². The average Bonchev–Trinajstić information content (AvgIpc) is 1.90. The molecule has 1 atom stereocenters. The largest absolute Gasteiger partial charge is 0.278 e. The number of rotatable bonds is 3. The van der Waals surface area contributed by atoms with Gasteiger partial charge in [0.2, 0.25) is 12.8 Å². The van der Waals surface area contributed by atoms with Crippen LogP contribution in [0.2, 0.25) is 0 Å². The zero-order valence-electron chi connectivity index (χ0n) is 4.94. The standard InChI is InChI=1S/C5H6N2O2/c1-5(2-6)7(3-8)4-9/h3-5H,1H3. The maximum Gasteiger partial charge on any atom is 0.217 e. The van der Waals surface area contributed by atoms with E-state index in [9.17, 15) is 9.59 Å². The van der Waals surface area contributed by atoms with Gasteiger partial charge in [0.15, 0.2) is 0 Å². The molecule has 4 nitrogen and oxygen atoms in total. The van der Waals surface area contributed by atoms with Gasteiger partial charge in [-0.1, -0.05) is 0 Å². The molecule has 0 saturated heterocycles. The van der Waals surface area contributed by atoms with Gasteiger partial charge in [-0.25, -0.2) is 0 Å². The van der Waals surface area contributed by atoms with Crippen molar-refractivity contribution in [3.05, 3.63) is 0 Å². The molecule has 2 amide bonds. The van der Waals surface area contributed by atoms with Gasteiger partial charge in [0.25, 0.3) is 0 Å². The van der Waals surface area contributed by atoms with Gasteiger partial charge >= 0.3 is 0 Å². The molecule has 0 aromatic carbocycles. The second-order valence-electron chi connectivity index (χ2n) is 1.46. The Labute approximate surface area is 52.7 Å². The van der Waals surface area contributed by atoms with Crippen molar-refractivity contribution in [1.82, 2.24) is 4.90 Å². The molecule has 0 aromatic rings. The first-order chi connectivity index (χ1) is 4.26. The minimum Gasteiger partial charge on any atom is -0.278 e. The Morgan fingerprint density at radius 1 is 1.56 bits per heavy atom. The molecule has 0 aromatic heterocycles. The van der Waals surface area contributed by atoms with E-state index < -0.39 is 6.04 Å². The van der Waals surface area contributed by atoms with E-state index in [2.05, 4.69) is 0 Å². The van der Waals surface area contributed by atoms with Crippen LogP contribution in [0.5, 0.6) is 0 Å². The van der Waals surface area contributed by atoms with E-state index in [1.165, 1.54) is 6.92 Å². The molecule has 0 aliphatic rings. The Morgan fingerprint density at radius 2 is 2.00 bits per heavy atom. The van der Waals surface area contributed by atoms with Gasteiger partial charge in [-0.3, -0.25) is 14.5 Å². The van der Waals surface area contributed by atoms with E-state index in [1.807, 2.05) is 0 Å². The highest BCUT2D eigenvalue weighted by atomic mass is 16.2. The highest BCUT2D eigenvalue weighted by Gasteiger charge is 2.06. The number of carbonyl (C=O) groups excluding carboxylic acids is 2. The topological polar surface area (TPSA) is 61.2 Å². The van der Waals surface area contributed by atoms with Gasteiger partial charge < -0.3 is 0 Å². The van der Waals surface area contributed by atoms with Crippen LogP contribution >= 0.6 is 0 Å². The maximum absolute atomic E-state index is 9.88. The number of hydrogen-bond acceptors (Lipinski definition) is 3. The third-order valence-corrected chi connectivity index (χ3v) is 0.877. The molecule has 0 N–H and O–H groups in total. The summed E-state index contributed by atoms with van der Waals surface area (Å²) < 4.78 is 0.